The van der Waals surface area contributed by atoms with Gasteiger partial charge in [-0.1, -0.05) is 18.2 Å². The highest BCUT2D eigenvalue weighted by Crippen LogP contribution is 2.24. The van der Waals surface area contributed by atoms with Gasteiger partial charge in [0.05, 0.1) is 28.7 Å². The fraction of sp³-hybridized carbons (Fsp3) is 0.222. The highest BCUT2D eigenvalue weighted by molar-refractivity contribution is 8.00. The van der Waals surface area contributed by atoms with Crippen molar-refractivity contribution in [2.24, 2.45) is 0 Å². The molecule has 0 spiro atoms. The highest BCUT2D eigenvalue weighted by atomic mass is 32.2. The summed E-state index contributed by atoms with van der Waals surface area (Å²) in [4.78, 5) is 34.2. The maximum Gasteiger partial charge on any atom is 0.271 e. The Bertz CT molecular complexity index is 828. The lowest BCUT2D eigenvalue weighted by Crippen LogP contribution is -2.18. The summed E-state index contributed by atoms with van der Waals surface area (Å²) in [6.07, 6.45) is 0. The Balaban J connectivity index is 1.79. The summed E-state index contributed by atoms with van der Waals surface area (Å²) in [5.41, 5.74) is 0.809. The van der Waals surface area contributed by atoms with Gasteiger partial charge in [0.2, 0.25) is 11.8 Å². The van der Waals surface area contributed by atoms with Crippen LogP contribution in [0.2, 0.25) is 0 Å². The number of nitrogens with one attached hydrogen (secondary N) is 2. The van der Waals surface area contributed by atoms with Gasteiger partial charge in [-0.3, -0.25) is 19.7 Å². The number of thioether (sulfide) groups is 1. The van der Waals surface area contributed by atoms with Crippen LogP contribution in [-0.4, -0.2) is 34.9 Å². The number of nitrogens with zero attached hydrogens (tertiary/aromatic N) is 1. The van der Waals surface area contributed by atoms with Gasteiger partial charge in [-0.2, -0.15) is 0 Å². The summed E-state index contributed by atoms with van der Waals surface area (Å²) in [6, 6.07) is 12.8. The molecule has 0 radical (unpaired) electrons. The van der Waals surface area contributed by atoms with Gasteiger partial charge in [-0.15, -0.1) is 11.8 Å². The lowest BCUT2D eigenvalue weighted by atomic mass is 10.3. The summed E-state index contributed by atoms with van der Waals surface area (Å²) >= 11 is 1.14. The average Bonchev–Trinajstić information content (AvgIpc) is 2.63. The molecular formula is C18H19N3O5S. The van der Waals surface area contributed by atoms with E-state index in [1.165, 1.54) is 18.2 Å². The molecule has 0 unspecified atom stereocenters. The first-order chi connectivity index (χ1) is 13.0. The molecule has 0 atom stereocenters. The van der Waals surface area contributed by atoms with E-state index in [0.717, 1.165) is 11.8 Å². The van der Waals surface area contributed by atoms with Crippen LogP contribution in [0.4, 0.5) is 17.1 Å². The second-order valence-corrected chi connectivity index (χ2v) is 6.31. The number of anilines is 2. The van der Waals surface area contributed by atoms with Crippen molar-refractivity contribution in [3.8, 4) is 5.75 Å². The first kappa shape index (κ1) is 20.2. The fourth-order valence-electron chi connectivity index (χ4n) is 2.17. The number of para-hydroxylation sites is 2. The van der Waals surface area contributed by atoms with Crippen LogP contribution in [0.1, 0.15) is 6.92 Å². The summed E-state index contributed by atoms with van der Waals surface area (Å²) in [7, 11) is 0. The topological polar surface area (TPSA) is 111 Å². The molecule has 0 saturated heterocycles. The zero-order valence-electron chi connectivity index (χ0n) is 14.6. The SMILES string of the molecule is CCOc1ccccc1NC(=O)CSCC(=O)Nc1cccc([N+](=O)[O-])c1. The van der Waals surface area contributed by atoms with Crippen LogP contribution in [0.5, 0.6) is 5.75 Å². The maximum atomic E-state index is 12.0. The monoisotopic (exact) mass is 389 g/mol. The number of nitro benzene ring substituents is 1. The van der Waals surface area contributed by atoms with Crippen molar-refractivity contribution in [3.05, 3.63) is 58.6 Å². The summed E-state index contributed by atoms with van der Waals surface area (Å²) in [6.45, 7) is 2.34. The van der Waals surface area contributed by atoms with Crippen LogP contribution in [0.3, 0.4) is 0 Å². The van der Waals surface area contributed by atoms with Crippen LogP contribution in [0, 0.1) is 10.1 Å². The normalized spacial score (nSPS) is 10.1. The first-order valence-electron chi connectivity index (χ1n) is 8.13. The molecule has 9 heteroatoms. The van der Waals surface area contributed by atoms with Crippen molar-refractivity contribution in [3.63, 3.8) is 0 Å². The van der Waals surface area contributed by atoms with Crippen molar-refractivity contribution in [2.45, 2.75) is 6.92 Å². The van der Waals surface area contributed by atoms with E-state index in [4.69, 9.17) is 4.74 Å². The van der Waals surface area contributed by atoms with Crippen molar-refractivity contribution in [2.75, 3.05) is 28.7 Å². The van der Waals surface area contributed by atoms with Crippen LogP contribution in [0.25, 0.3) is 0 Å². The molecule has 2 rings (SSSR count). The number of carbonyl (C=O) groups is 2. The first-order valence-corrected chi connectivity index (χ1v) is 9.28. The van der Waals surface area contributed by atoms with Gasteiger partial charge in [-0.25, -0.2) is 0 Å². The molecule has 0 aliphatic heterocycles. The lowest BCUT2D eigenvalue weighted by molar-refractivity contribution is -0.384. The Hall–Kier alpha value is -3.07. The lowest BCUT2D eigenvalue weighted by Gasteiger charge is -2.11. The number of ether oxygens (including phenoxy) is 1. The van der Waals surface area contributed by atoms with Crippen molar-refractivity contribution < 1.29 is 19.2 Å². The van der Waals surface area contributed by atoms with Gasteiger partial charge < -0.3 is 15.4 Å². The zero-order valence-corrected chi connectivity index (χ0v) is 15.5. The number of hydrogen-bond acceptors (Lipinski definition) is 6. The van der Waals surface area contributed by atoms with Gasteiger partial charge >= 0.3 is 0 Å². The van der Waals surface area contributed by atoms with Crippen molar-refractivity contribution in [1.82, 2.24) is 0 Å². The molecule has 142 valence electrons. The molecule has 2 aromatic rings. The zero-order chi connectivity index (χ0) is 19.6. The van der Waals surface area contributed by atoms with E-state index in [-0.39, 0.29) is 29.0 Å². The van der Waals surface area contributed by atoms with E-state index in [1.54, 1.807) is 24.3 Å². The highest BCUT2D eigenvalue weighted by Gasteiger charge is 2.11. The summed E-state index contributed by atoms with van der Waals surface area (Å²) in [5.74, 6) is 0.117. The van der Waals surface area contributed by atoms with Gasteiger partial charge in [0.15, 0.2) is 0 Å². The quantitative estimate of drug-likeness (QED) is 0.503. The molecule has 0 aliphatic rings. The minimum absolute atomic E-state index is 0.0449. The number of nitro groups is 1. The molecular weight excluding hydrogens is 370 g/mol. The molecule has 0 bridgehead atoms. The Morgan fingerprint density at radius 2 is 1.78 bits per heavy atom. The number of benzene rings is 2. The minimum atomic E-state index is -0.533. The third-order valence-corrected chi connectivity index (χ3v) is 4.20. The predicted octanol–water partition coefficient (Wildman–Crippen LogP) is 3.30. The van der Waals surface area contributed by atoms with Crippen molar-refractivity contribution >= 4 is 40.6 Å². The van der Waals surface area contributed by atoms with E-state index in [9.17, 15) is 19.7 Å². The van der Waals surface area contributed by atoms with Crippen LogP contribution >= 0.6 is 11.8 Å². The summed E-state index contributed by atoms with van der Waals surface area (Å²) in [5, 5.41) is 16.1. The van der Waals surface area contributed by atoms with Crippen molar-refractivity contribution in [1.29, 1.82) is 0 Å². The molecule has 0 saturated carbocycles. The second-order valence-electron chi connectivity index (χ2n) is 5.33. The molecule has 27 heavy (non-hydrogen) atoms. The Kier molecular flexibility index (Phi) is 7.63. The Labute approximate surface area is 160 Å². The van der Waals surface area contributed by atoms with Crippen LogP contribution in [-0.2, 0) is 9.59 Å². The van der Waals surface area contributed by atoms with E-state index < -0.39 is 4.92 Å². The average molecular weight is 389 g/mol. The summed E-state index contributed by atoms with van der Waals surface area (Å²) < 4.78 is 5.44. The molecule has 8 nitrogen and oxygen atoms in total. The predicted molar refractivity (Wildman–Crippen MR) is 105 cm³/mol. The van der Waals surface area contributed by atoms with Crippen LogP contribution < -0.4 is 15.4 Å². The molecule has 2 aromatic carbocycles. The van der Waals surface area contributed by atoms with E-state index in [1.807, 2.05) is 13.0 Å². The van der Waals surface area contributed by atoms with Gasteiger partial charge in [0, 0.05) is 17.8 Å². The third kappa shape index (κ3) is 6.63. The van der Waals surface area contributed by atoms with E-state index in [0.29, 0.717) is 23.7 Å². The van der Waals surface area contributed by atoms with E-state index in [2.05, 4.69) is 10.6 Å². The Morgan fingerprint density at radius 3 is 2.48 bits per heavy atom. The number of carbonyl (C=O) groups excluding carboxylic acids is 2. The molecule has 2 amide bonds. The fourth-order valence-corrected chi connectivity index (χ4v) is 2.79. The van der Waals surface area contributed by atoms with Gasteiger partial charge in [0.1, 0.15) is 5.75 Å². The second kappa shape index (κ2) is 10.2. The van der Waals surface area contributed by atoms with Crippen LogP contribution in [0.15, 0.2) is 48.5 Å². The third-order valence-electron chi connectivity index (χ3n) is 3.27. The molecule has 0 aromatic heterocycles. The Morgan fingerprint density at radius 1 is 1.07 bits per heavy atom. The van der Waals surface area contributed by atoms with Gasteiger partial charge in [-0.05, 0) is 25.1 Å². The number of amides is 2. The molecule has 0 aliphatic carbocycles. The number of hydrogen-bond donors (Lipinski definition) is 2. The molecule has 0 heterocycles. The van der Waals surface area contributed by atoms with Gasteiger partial charge in [0.25, 0.3) is 5.69 Å². The standard InChI is InChI=1S/C18H19N3O5S/c1-2-26-16-9-4-3-8-15(16)20-18(23)12-27-11-17(22)19-13-6-5-7-14(10-13)21(24)25/h3-10H,2,11-12H2,1H3,(H,19,22)(H,20,23). The maximum absolute atomic E-state index is 12.0. The largest absolute Gasteiger partial charge is 0.492 e. The minimum Gasteiger partial charge on any atom is -0.492 e. The molecule has 0 fully saturated rings. The number of non-ortho nitro benzene ring substituents is 1. The molecule has 2 N–H and O–H groups in total. The van der Waals surface area contributed by atoms with E-state index >= 15 is 0 Å². The number of rotatable bonds is 9. The smallest absolute Gasteiger partial charge is 0.271 e.